The highest BCUT2D eigenvalue weighted by Gasteiger charge is 2.39. The first kappa shape index (κ1) is 12.1. The maximum Gasteiger partial charge on any atom is 0.516 e. The normalized spacial score (nSPS) is 19.1. The quantitative estimate of drug-likeness (QED) is 0.649. The Morgan fingerprint density at radius 1 is 1.21 bits per heavy atom. The van der Waals surface area contributed by atoms with E-state index in [4.69, 9.17) is 8.85 Å². The molecular weight excluding hydrogens is 196 g/mol. The van der Waals surface area contributed by atoms with E-state index >= 15 is 0 Å². The van der Waals surface area contributed by atoms with Gasteiger partial charge in [-0.25, -0.2) is 0 Å². The van der Waals surface area contributed by atoms with Gasteiger partial charge in [-0.15, -0.1) is 0 Å². The van der Waals surface area contributed by atoms with Gasteiger partial charge in [-0.3, -0.25) is 9.96 Å². The van der Waals surface area contributed by atoms with Crippen molar-refractivity contribution in [3.63, 3.8) is 0 Å². The van der Waals surface area contributed by atoms with E-state index in [0.717, 1.165) is 6.54 Å². The molecule has 1 fully saturated rings. The second kappa shape index (κ2) is 5.82. The van der Waals surface area contributed by atoms with E-state index in [1.165, 1.54) is 25.7 Å². The van der Waals surface area contributed by atoms with E-state index in [9.17, 15) is 0 Å². The van der Waals surface area contributed by atoms with Gasteiger partial charge in [0.25, 0.3) is 0 Å². The zero-order valence-corrected chi connectivity index (χ0v) is 10.4. The fourth-order valence-corrected chi connectivity index (χ4v) is 4.05. The smallest absolute Gasteiger partial charge is 0.374 e. The Bertz CT molecular complexity index is 159. The van der Waals surface area contributed by atoms with Crippen molar-refractivity contribution in [1.29, 1.82) is 0 Å². The first-order chi connectivity index (χ1) is 6.76. The van der Waals surface area contributed by atoms with Gasteiger partial charge in [0.2, 0.25) is 0 Å². The Hall–Kier alpha value is 0.0569. The summed E-state index contributed by atoms with van der Waals surface area (Å²) in [6.45, 7) is 2.93. The maximum absolute atomic E-state index is 5.48. The lowest BCUT2D eigenvalue weighted by Crippen LogP contribution is -2.68. The highest BCUT2D eigenvalue weighted by atomic mass is 28.4. The topological polar surface area (TPSA) is 42.5 Å². The van der Waals surface area contributed by atoms with Gasteiger partial charge in [0.05, 0.1) is 0 Å². The van der Waals surface area contributed by atoms with Gasteiger partial charge in [-0.1, -0.05) is 19.8 Å². The molecule has 0 unspecified atom stereocenters. The molecule has 0 atom stereocenters. The Balaban J connectivity index is 2.47. The van der Waals surface area contributed by atoms with Gasteiger partial charge in [-0.05, 0) is 19.4 Å². The molecule has 0 radical (unpaired) electrons. The third kappa shape index (κ3) is 3.03. The summed E-state index contributed by atoms with van der Waals surface area (Å²) in [7, 11) is 1.11. The minimum absolute atomic E-state index is 0.570. The maximum atomic E-state index is 5.48. The van der Waals surface area contributed by atoms with Crippen LogP contribution < -0.4 is 9.96 Å². The van der Waals surface area contributed by atoms with Crippen molar-refractivity contribution in [2.45, 2.75) is 38.6 Å². The standard InChI is InChI=1S/C9H22N2O2Si/c1-4-10-14(12-2,13-3)11-9-7-5-6-8-9/h9-11H,4-8H2,1-3H3. The lowest BCUT2D eigenvalue weighted by Gasteiger charge is -2.30. The van der Waals surface area contributed by atoms with Gasteiger partial charge in [0.1, 0.15) is 0 Å². The van der Waals surface area contributed by atoms with Gasteiger partial charge in [0.15, 0.2) is 0 Å². The molecule has 14 heavy (non-hydrogen) atoms. The van der Waals surface area contributed by atoms with Crippen LogP contribution in [0.3, 0.4) is 0 Å². The Kier molecular flexibility index (Phi) is 5.04. The van der Waals surface area contributed by atoms with E-state index in [2.05, 4.69) is 16.9 Å². The third-order valence-electron chi connectivity index (χ3n) is 2.73. The molecule has 4 nitrogen and oxygen atoms in total. The molecule has 0 aromatic heterocycles. The molecule has 0 spiro atoms. The molecule has 1 rings (SSSR count). The van der Waals surface area contributed by atoms with Crippen LogP contribution in [0.25, 0.3) is 0 Å². The number of hydrogen-bond donors (Lipinski definition) is 2. The van der Waals surface area contributed by atoms with Gasteiger partial charge >= 0.3 is 8.88 Å². The van der Waals surface area contributed by atoms with E-state index in [1.807, 2.05) is 0 Å². The molecule has 1 aliphatic carbocycles. The molecule has 0 heterocycles. The summed E-state index contributed by atoms with van der Waals surface area (Å²) in [5, 5.41) is 0. The molecule has 0 aromatic carbocycles. The van der Waals surface area contributed by atoms with Crippen molar-refractivity contribution in [2.24, 2.45) is 0 Å². The van der Waals surface area contributed by atoms with E-state index < -0.39 is 8.88 Å². The lowest BCUT2D eigenvalue weighted by molar-refractivity contribution is 0.207. The Morgan fingerprint density at radius 2 is 1.79 bits per heavy atom. The molecule has 0 saturated heterocycles. The Morgan fingerprint density at radius 3 is 2.21 bits per heavy atom. The van der Waals surface area contributed by atoms with Crippen molar-refractivity contribution in [2.75, 3.05) is 20.8 Å². The Labute approximate surface area is 87.8 Å². The largest absolute Gasteiger partial charge is 0.516 e. The summed E-state index contributed by atoms with van der Waals surface area (Å²) in [6, 6.07) is 0.570. The summed E-state index contributed by atoms with van der Waals surface area (Å²) >= 11 is 0. The minimum Gasteiger partial charge on any atom is -0.374 e. The summed E-state index contributed by atoms with van der Waals surface area (Å²) in [5.41, 5.74) is 0. The predicted molar refractivity (Wildman–Crippen MR) is 58.8 cm³/mol. The van der Waals surface area contributed by atoms with Gasteiger partial charge < -0.3 is 8.85 Å². The van der Waals surface area contributed by atoms with Crippen LogP contribution in [0.1, 0.15) is 32.6 Å². The first-order valence-corrected chi connectivity index (χ1v) is 7.21. The molecule has 0 aromatic rings. The lowest BCUT2D eigenvalue weighted by atomic mass is 10.3. The highest BCUT2D eigenvalue weighted by molar-refractivity contribution is 6.62. The summed E-state index contributed by atoms with van der Waals surface area (Å²) in [4.78, 5) is 6.82. The summed E-state index contributed by atoms with van der Waals surface area (Å²) < 4.78 is 11.0. The van der Waals surface area contributed by atoms with Gasteiger partial charge in [-0.2, -0.15) is 0 Å². The fourth-order valence-electron chi connectivity index (χ4n) is 1.97. The van der Waals surface area contributed by atoms with E-state index in [1.54, 1.807) is 14.2 Å². The van der Waals surface area contributed by atoms with E-state index in [-0.39, 0.29) is 0 Å². The van der Waals surface area contributed by atoms with Crippen LogP contribution in [0.2, 0.25) is 0 Å². The molecule has 0 amide bonds. The van der Waals surface area contributed by atoms with Crippen molar-refractivity contribution in [3.05, 3.63) is 0 Å². The van der Waals surface area contributed by atoms with Gasteiger partial charge in [0, 0.05) is 20.3 Å². The molecule has 5 heteroatoms. The van der Waals surface area contributed by atoms with Crippen LogP contribution in [-0.2, 0) is 8.85 Å². The van der Waals surface area contributed by atoms with E-state index in [0.29, 0.717) is 6.04 Å². The number of rotatable bonds is 6. The molecular formula is C9H22N2O2Si. The van der Waals surface area contributed by atoms with Crippen molar-refractivity contribution in [3.8, 4) is 0 Å². The number of hydrogen-bond acceptors (Lipinski definition) is 4. The van der Waals surface area contributed by atoms with Crippen LogP contribution in [0, 0.1) is 0 Å². The van der Waals surface area contributed by atoms with Crippen LogP contribution in [0.4, 0.5) is 0 Å². The zero-order valence-electron chi connectivity index (χ0n) is 9.43. The molecule has 2 N–H and O–H groups in total. The van der Waals surface area contributed by atoms with Crippen LogP contribution in [-0.4, -0.2) is 35.7 Å². The average molecular weight is 218 g/mol. The minimum atomic E-state index is -2.31. The molecule has 1 aliphatic rings. The molecule has 0 bridgehead atoms. The third-order valence-corrected chi connectivity index (χ3v) is 5.49. The zero-order chi connectivity index (χ0) is 10.4. The highest BCUT2D eigenvalue weighted by Crippen LogP contribution is 2.19. The molecule has 0 aliphatic heterocycles. The second-order valence-electron chi connectivity index (χ2n) is 3.68. The monoisotopic (exact) mass is 218 g/mol. The molecule has 84 valence electrons. The van der Waals surface area contributed by atoms with Crippen molar-refractivity contribution >= 4 is 8.88 Å². The SMILES string of the molecule is CCN[Si](NC1CCCC1)(OC)OC. The summed E-state index contributed by atoms with van der Waals surface area (Å²) in [6.07, 6.45) is 5.13. The fraction of sp³-hybridized carbons (Fsp3) is 1.00. The average Bonchev–Trinajstić information content (AvgIpc) is 2.69. The van der Waals surface area contributed by atoms with Crippen molar-refractivity contribution in [1.82, 2.24) is 9.96 Å². The van der Waals surface area contributed by atoms with Crippen LogP contribution in [0.15, 0.2) is 0 Å². The van der Waals surface area contributed by atoms with Crippen LogP contribution >= 0.6 is 0 Å². The van der Waals surface area contributed by atoms with Crippen molar-refractivity contribution < 1.29 is 8.85 Å². The van der Waals surface area contributed by atoms with Crippen LogP contribution in [0.5, 0.6) is 0 Å². The number of nitrogens with one attached hydrogen (secondary N) is 2. The first-order valence-electron chi connectivity index (χ1n) is 5.39. The second-order valence-corrected chi connectivity index (χ2v) is 6.37. The molecule has 1 saturated carbocycles. The summed E-state index contributed by atoms with van der Waals surface area (Å²) in [5.74, 6) is 0. The predicted octanol–water partition coefficient (Wildman–Crippen LogP) is 0.856.